The third kappa shape index (κ3) is 2.39. The van der Waals surface area contributed by atoms with Gasteiger partial charge in [-0.2, -0.15) is 5.10 Å². The molecule has 92 valence electrons. The molecule has 17 heavy (non-hydrogen) atoms. The van der Waals surface area contributed by atoms with Crippen molar-refractivity contribution in [3.05, 3.63) is 24.2 Å². The highest BCUT2D eigenvalue weighted by Gasteiger charge is 2.18. The zero-order valence-corrected chi connectivity index (χ0v) is 10.6. The van der Waals surface area contributed by atoms with E-state index in [0.29, 0.717) is 13.1 Å². The van der Waals surface area contributed by atoms with Crippen LogP contribution in [0.3, 0.4) is 0 Å². The van der Waals surface area contributed by atoms with Crippen LogP contribution in [0.25, 0.3) is 5.52 Å². The molecule has 2 rings (SSSR count). The Bertz CT molecular complexity index is 509. The van der Waals surface area contributed by atoms with Crippen molar-refractivity contribution in [3.8, 4) is 0 Å². The predicted molar refractivity (Wildman–Crippen MR) is 69.2 cm³/mol. The van der Waals surface area contributed by atoms with Gasteiger partial charge >= 0.3 is 0 Å². The highest BCUT2D eigenvalue weighted by Crippen LogP contribution is 2.24. The van der Waals surface area contributed by atoms with E-state index < -0.39 is 0 Å². The Labute approximate surface area is 101 Å². The van der Waals surface area contributed by atoms with Gasteiger partial charge in [-0.15, -0.1) is 0 Å². The molecular formula is C12H19N5. The summed E-state index contributed by atoms with van der Waals surface area (Å²) in [5.74, 6) is 0.834. The predicted octanol–water partition coefficient (Wildman–Crippen LogP) is 1.40. The van der Waals surface area contributed by atoms with Crippen LogP contribution in [0.2, 0.25) is 0 Å². The standard InChI is InChI=1S/C12H19N5/c1-12(2,3)10-8-9-11(14-5-4-13)15-6-7-17(9)16-10/h6-8H,4-5,13H2,1-3H3,(H,14,15). The van der Waals surface area contributed by atoms with Crippen molar-refractivity contribution in [1.82, 2.24) is 14.6 Å². The number of hydrogen-bond donors (Lipinski definition) is 2. The van der Waals surface area contributed by atoms with E-state index in [0.717, 1.165) is 17.0 Å². The Hall–Kier alpha value is -1.62. The molecule has 0 aliphatic heterocycles. The van der Waals surface area contributed by atoms with Crippen molar-refractivity contribution in [2.24, 2.45) is 5.73 Å². The number of nitrogens with one attached hydrogen (secondary N) is 1. The van der Waals surface area contributed by atoms with E-state index in [4.69, 9.17) is 5.73 Å². The van der Waals surface area contributed by atoms with Crippen LogP contribution in [-0.2, 0) is 5.41 Å². The van der Waals surface area contributed by atoms with Crippen molar-refractivity contribution in [2.75, 3.05) is 18.4 Å². The van der Waals surface area contributed by atoms with Crippen molar-refractivity contribution < 1.29 is 0 Å². The van der Waals surface area contributed by atoms with E-state index in [1.807, 2.05) is 10.7 Å². The second kappa shape index (κ2) is 4.33. The third-order valence-electron chi connectivity index (χ3n) is 2.60. The molecule has 0 aliphatic rings. The minimum absolute atomic E-state index is 0.0388. The Morgan fingerprint density at radius 3 is 2.82 bits per heavy atom. The fraction of sp³-hybridized carbons (Fsp3) is 0.500. The van der Waals surface area contributed by atoms with Gasteiger partial charge in [0.2, 0.25) is 0 Å². The van der Waals surface area contributed by atoms with Crippen LogP contribution >= 0.6 is 0 Å². The molecule has 0 saturated carbocycles. The first-order chi connectivity index (χ1) is 8.02. The Morgan fingerprint density at radius 1 is 1.41 bits per heavy atom. The molecule has 0 fully saturated rings. The van der Waals surface area contributed by atoms with Gasteiger partial charge in [-0.05, 0) is 6.07 Å². The lowest BCUT2D eigenvalue weighted by Gasteiger charge is -2.13. The van der Waals surface area contributed by atoms with Crippen LogP contribution in [0.4, 0.5) is 5.82 Å². The maximum atomic E-state index is 5.48. The number of rotatable bonds is 3. The van der Waals surface area contributed by atoms with Crippen molar-refractivity contribution in [1.29, 1.82) is 0 Å². The van der Waals surface area contributed by atoms with Crippen LogP contribution in [0, 0.1) is 0 Å². The second-order valence-corrected chi connectivity index (χ2v) is 5.10. The molecule has 3 N–H and O–H groups in total. The fourth-order valence-corrected chi connectivity index (χ4v) is 1.62. The number of aromatic nitrogens is 3. The summed E-state index contributed by atoms with van der Waals surface area (Å²) in [4.78, 5) is 4.31. The molecule has 0 spiro atoms. The van der Waals surface area contributed by atoms with E-state index in [2.05, 4.69) is 42.2 Å². The molecule has 0 aliphatic carbocycles. The molecule has 5 nitrogen and oxygen atoms in total. The Kier molecular flexibility index (Phi) is 3.02. The maximum absolute atomic E-state index is 5.48. The molecule has 2 aromatic rings. The first kappa shape index (κ1) is 11.9. The lowest BCUT2D eigenvalue weighted by molar-refractivity contribution is 0.562. The molecule has 0 unspecified atom stereocenters. The molecule has 0 aromatic carbocycles. The van der Waals surface area contributed by atoms with Crippen molar-refractivity contribution >= 4 is 11.3 Å². The topological polar surface area (TPSA) is 68.2 Å². The molecule has 0 atom stereocenters. The highest BCUT2D eigenvalue weighted by atomic mass is 15.2. The molecule has 2 heterocycles. The molecular weight excluding hydrogens is 214 g/mol. The average Bonchev–Trinajstić information content (AvgIpc) is 2.70. The maximum Gasteiger partial charge on any atom is 0.152 e. The van der Waals surface area contributed by atoms with Gasteiger partial charge < -0.3 is 11.1 Å². The summed E-state index contributed by atoms with van der Waals surface area (Å²) in [6.45, 7) is 7.74. The zero-order chi connectivity index (χ0) is 12.5. The molecule has 0 radical (unpaired) electrons. The van der Waals surface area contributed by atoms with Crippen molar-refractivity contribution in [3.63, 3.8) is 0 Å². The Morgan fingerprint density at radius 2 is 2.18 bits per heavy atom. The highest BCUT2D eigenvalue weighted by molar-refractivity contribution is 5.68. The SMILES string of the molecule is CC(C)(C)c1cc2c(NCCN)nccn2n1. The Balaban J connectivity index is 2.45. The van der Waals surface area contributed by atoms with Gasteiger partial charge in [0.1, 0.15) is 5.52 Å². The van der Waals surface area contributed by atoms with Crippen LogP contribution < -0.4 is 11.1 Å². The van der Waals surface area contributed by atoms with Gasteiger partial charge in [0.05, 0.1) is 5.69 Å². The summed E-state index contributed by atoms with van der Waals surface area (Å²) in [5.41, 5.74) is 7.57. The van der Waals surface area contributed by atoms with E-state index >= 15 is 0 Å². The van der Waals surface area contributed by atoms with E-state index in [1.165, 1.54) is 0 Å². The van der Waals surface area contributed by atoms with Gasteiger partial charge in [0, 0.05) is 30.9 Å². The van der Waals surface area contributed by atoms with Crippen molar-refractivity contribution in [2.45, 2.75) is 26.2 Å². The largest absolute Gasteiger partial charge is 0.367 e. The first-order valence-corrected chi connectivity index (χ1v) is 5.81. The van der Waals surface area contributed by atoms with Gasteiger partial charge in [-0.1, -0.05) is 20.8 Å². The van der Waals surface area contributed by atoms with Crippen LogP contribution in [-0.4, -0.2) is 27.7 Å². The summed E-state index contributed by atoms with van der Waals surface area (Å²) < 4.78 is 1.85. The number of nitrogens with zero attached hydrogens (tertiary/aromatic N) is 3. The molecule has 0 amide bonds. The van der Waals surface area contributed by atoms with Crippen LogP contribution in [0.5, 0.6) is 0 Å². The van der Waals surface area contributed by atoms with Gasteiger partial charge in [-0.25, -0.2) is 9.50 Å². The summed E-state index contributed by atoms with van der Waals surface area (Å²) in [6.07, 6.45) is 3.60. The quantitative estimate of drug-likeness (QED) is 0.840. The number of hydrogen-bond acceptors (Lipinski definition) is 4. The number of nitrogens with two attached hydrogens (primary N) is 1. The summed E-state index contributed by atoms with van der Waals surface area (Å²) in [5, 5.41) is 7.76. The summed E-state index contributed by atoms with van der Waals surface area (Å²) in [7, 11) is 0. The van der Waals surface area contributed by atoms with E-state index in [1.54, 1.807) is 6.20 Å². The minimum atomic E-state index is 0.0388. The normalized spacial score (nSPS) is 12.0. The van der Waals surface area contributed by atoms with Gasteiger partial charge in [0.25, 0.3) is 0 Å². The summed E-state index contributed by atoms with van der Waals surface area (Å²) >= 11 is 0. The van der Waals surface area contributed by atoms with E-state index in [9.17, 15) is 0 Å². The third-order valence-corrected chi connectivity index (χ3v) is 2.60. The molecule has 0 saturated heterocycles. The number of anilines is 1. The molecule has 5 heteroatoms. The second-order valence-electron chi connectivity index (χ2n) is 5.10. The minimum Gasteiger partial charge on any atom is -0.367 e. The number of fused-ring (bicyclic) bond motifs is 1. The van der Waals surface area contributed by atoms with Gasteiger partial charge in [0.15, 0.2) is 5.82 Å². The van der Waals surface area contributed by atoms with Gasteiger partial charge in [-0.3, -0.25) is 0 Å². The first-order valence-electron chi connectivity index (χ1n) is 5.81. The average molecular weight is 233 g/mol. The smallest absolute Gasteiger partial charge is 0.152 e. The molecule has 2 aromatic heterocycles. The van der Waals surface area contributed by atoms with E-state index in [-0.39, 0.29) is 5.41 Å². The monoisotopic (exact) mass is 233 g/mol. The lowest BCUT2D eigenvalue weighted by atomic mass is 9.92. The molecule has 0 bridgehead atoms. The fourth-order valence-electron chi connectivity index (χ4n) is 1.62. The van der Waals surface area contributed by atoms with Crippen LogP contribution in [0.15, 0.2) is 18.5 Å². The zero-order valence-electron chi connectivity index (χ0n) is 10.6. The lowest BCUT2D eigenvalue weighted by Crippen LogP contribution is -2.14. The summed E-state index contributed by atoms with van der Waals surface area (Å²) in [6, 6.07) is 2.08. The van der Waals surface area contributed by atoms with Crippen LogP contribution in [0.1, 0.15) is 26.5 Å².